The topological polar surface area (TPSA) is 55.2 Å². The molecule has 1 aromatic rings. The highest BCUT2D eigenvalue weighted by Crippen LogP contribution is 1.93. The smallest absolute Gasteiger partial charge is 0.0964 e. The first-order chi connectivity index (χ1) is 9.80. The second-order valence-corrected chi connectivity index (χ2v) is 4.79. The van der Waals surface area contributed by atoms with Crippen molar-refractivity contribution in [3.63, 3.8) is 0 Å². The lowest BCUT2D eigenvalue weighted by atomic mass is 10.4. The van der Waals surface area contributed by atoms with Gasteiger partial charge in [0.05, 0.1) is 25.5 Å². The summed E-state index contributed by atoms with van der Waals surface area (Å²) in [5.74, 6) is 0. The molecule has 0 radical (unpaired) electrons. The number of nitrogens with one attached hydrogen (secondary N) is 1. The van der Waals surface area contributed by atoms with Crippen molar-refractivity contribution in [2.75, 3.05) is 39.4 Å². The minimum atomic E-state index is 0.687. The molecule has 0 spiro atoms. The molecular weight excluding hydrogens is 254 g/mol. The Balaban J connectivity index is 2.10. The first-order valence-corrected chi connectivity index (χ1v) is 7.69. The van der Waals surface area contributed by atoms with Crippen LogP contribution in [-0.2, 0) is 17.8 Å². The van der Waals surface area contributed by atoms with Crippen molar-refractivity contribution >= 4 is 0 Å². The Kier molecular flexibility index (Phi) is 9.19. The maximum Gasteiger partial charge on any atom is 0.0964 e. The molecule has 0 aliphatic carbocycles. The van der Waals surface area contributed by atoms with Gasteiger partial charge in [-0.05, 0) is 26.1 Å². The van der Waals surface area contributed by atoms with Gasteiger partial charge in [-0.25, -0.2) is 4.68 Å². The van der Waals surface area contributed by atoms with E-state index in [1.807, 2.05) is 10.9 Å². The van der Waals surface area contributed by atoms with E-state index in [1.165, 1.54) is 0 Å². The molecule has 0 aliphatic rings. The van der Waals surface area contributed by atoms with Crippen molar-refractivity contribution in [1.29, 1.82) is 0 Å². The summed E-state index contributed by atoms with van der Waals surface area (Å²) in [6, 6.07) is 0. The van der Waals surface area contributed by atoms with Crippen LogP contribution in [0.4, 0.5) is 0 Å². The number of rotatable bonds is 12. The van der Waals surface area contributed by atoms with E-state index < -0.39 is 0 Å². The van der Waals surface area contributed by atoms with Gasteiger partial charge >= 0.3 is 0 Å². The fourth-order valence-electron chi connectivity index (χ4n) is 1.92. The average Bonchev–Trinajstić information content (AvgIpc) is 2.91. The molecule has 0 aliphatic heterocycles. The van der Waals surface area contributed by atoms with Gasteiger partial charge in [-0.3, -0.25) is 0 Å². The summed E-state index contributed by atoms with van der Waals surface area (Å²) in [4.78, 5) is 2.35. The van der Waals surface area contributed by atoms with Gasteiger partial charge in [0.25, 0.3) is 0 Å². The Morgan fingerprint density at radius 3 is 2.75 bits per heavy atom. The van der Waals surface area contributed by atoms with E-state index in [4.69, 9.17) is 4.74 Å². The Morgan fingerprint density at radius 1 is 1.25 bits per heavy atom. The summed E-state index contributed by atoms with van der Waals surface area (Å²) in [5.41, 5.74) is 0.988. The number of nitrogens with zero attached hydrogens (tertiary/aromatic N) is 4. The van der Waals surface area contributed by atoms with Gasteiger partial charge in [-0.1, -0.05) is 26.0 Å². The third kappa shape index (κ3) is 6.98. The fraction of sp³-hybridized carbons (Fsp3) is 0.857. The lowest BCUT2D eigenvalue weighted by Gasteiger charge is -2.17. The normalized spacial score (nSPS) is 11.4. The number of ether oxygens (including phenoxy) is 1. The second kappa shape index (κ2) is 10.8. The first-order valence-electron chi connectivity index (χ1n) is 7.69. The van der Waals surface area contributed by atoms with Crippen LogP contribution in [-0.4, -0.2) is 59.3 Å². The van der Waals surface area contributed by atoms with E-state index in [1.54, 1.807) is 0 Å². The molecule has 0 bridgehead atoms. The van der Waals surface area contributed by atoms with Crippen molar-refractivity contribution in [2.24, 2.45) is 0 Å². The molecule has 0 fully saturated rings. The van der Waals surface area contributed by atoms with Crippen molar-refractivity contribution in [3.05, 3.63) is 11.9 Å². The van der Waals surface area contributed by atoms with E-state index >= 15 is 0 Å². The third-order valence-corrected chi connectivity index (χ3v) is 3.23. The van der Waals surface area contributed by atoms with Gasteiger partial charge in [-0.15, -0.1) is 5.10 Å². The molecule has 20 heavy (non-hydrogen) atoms. The Morgan fingerprint density at radius 2 is 2.05 bits per heavy atom. The summed E-state index contributed by atoms with van der Waals surface area (Å²) in [6.07, 6.45) is 3.12. The van der Waals surface area contributed by atoms with E-state index in [0.29, 0.717) is 6.61 Å². The molecule has 1 rings (SSSR count). The highest BCUT2D eigenvalue weighted by molar-refractivity contribution is 4.91. The number of aromatic nitrogens is 3. The zero-order valence-corrected chi connectivity index (χ0v) is 13.1. The standard InChI is InChI=1S/C14H29N5O/c1-4-7-15-12-14-13-19(17-16-14)9-11-20-10-8-18(5-2)6-3/h13,15H,4-12H2,1-3H3. The Bertz CT molecular complexity index is 338. The molecule has 0 unspecified atom stereocenters. The Labute approximate surface area is 122 Å². The van der Waals surface area contributed by atoms with Gasteiger partial charge in [0.15, 0.2) is 0 Å². The van der Waals surface area contributed by atoms with Crippen LogP contribution in [0.3, 0.4) is 0 Å². The molecule has 6 nitrogen and oxygen atoms in total. The molecule has 0 amide bonds. The van der Waals surface area contributed by atoms with Crippen LogP contribution in [0.5, 0.6) is 0 Å². The molecule has 1 N–H and O–H groups in total. The maximum atomic E-state index is 5.63. The molecule has 0 saturated heterocycles. The summed E-state index contributed by atoms with van der Waals surface area (Å²) in [6.45, 7) is 13.7. The maximum absolute atomic E-state index is 5.63. The number of likely N-dealkylation sites (N-methyl/N-ethyl adjacent to an activating group) is 1. The van der Waals surface area contributed by atoms with Gasteiger partial charge in [0.1, 0.15) is 0 Å². The van der Waals surface area contributed by atoms with Gasteiger partial charge in [0.2, 0.25) is 0 Å². The van der Waals surface area contributed by atoms with Crippen LogP contribution in [0.2, 0.25) is 0 Å². The minimum Gasteiger partial charge on any atom is -0.378 e. The molecule has 6 heteroatoms. The molecule has 116 valence electrons. The molecular formula is C14H29N5O. The highest BCUT2D eigenvalue weighted by atomic mass is 16.5. The van der Waals surface area contributed by atoms with Crippen molar-refractivity contribution in [3.8, 4) is 0 Å². The molecule has 0 saturated carbocycles. The lowest BCUT2D eigenvalue weighted by Crippen LogP contribution is -2.27. The van der Waals surface area contributed by atoms with Crippen molar-refractivity contribution < 1.29 is 4.74 Å². The number of hydrogen-bond acceptors (Lipinski definition) is 5. The van der Waals surface area contributed by atoms with Crippen LogP contribution in [0.1, 0.15) is 32.9 Å². The van der Waals surface area contributed by atoms with E-state index in [9.17, 15) is 0 Å². The largest absolute Gasteiger partial charge is 0.378 e. The fourth-order valence-corrected chi connectivity index (χ4v) is 1.92. The summed E-state index contributed by atoms with van der Waals surface area (Å²) >= 11 is 0. The molecule has 0 aromatic carbocycles. The average molecular weight is 283 g/mol. The Hall–Kier alpha value is -0.980. The van der Waals surface area contributed by atoms with Crippen LogP contribution >= 0.6 is 0 Å². The van der Waals surface area contributed by atoms with Crippen LogP contribution in [0.25, 0.3) is 0 Å². The minimum absolute atomic E-state index is 0.687. The number of hydrogen-bond donors (Lipinski definition) is 1. The predicted molar refractivity (Wildman–Crippen MR) is 80.6 cm³/mol. The second-order valence-electron chi connectivity index (χ2n) is 4.79. The monoisotopic (exact) mass is 283 g/mol. The molecule has 0 atom stereocenters. The van der Waals surface area contributed by atoms with Gasteiger partial charge in [-0.2, -0.15) is 0 Å². The van der Waals surface area contributed by atoms with Crippen LogP contribution < -0.4 is 5.32 Å². The SMILES string of the molecule is CCCNCc1cn(CCOCCN(CC)CC)nn1. The third-order valence-electron chi connectivity index (χ3n) is 3.23. The lowest BCUT2D eigenvalue weighted by molar-refractivity contribution is 0.0988. The first kappa shape index (κ1) is 17.1. The zero-order valence-electron chi connectivity index (χ0n) is 13.1. The highest BCUT2D eigenvalue weighted by Gasteiger charge is 2.01. The van der Waals surface area contributed by atoms with Crippen LogP contribution in [0, 0.1) is 0 Å². The van der Waals surface area contributed by atoms with Gasteiger partial charge in [0, 0.05) is 19.3 Å². The van der Waals surface area contributed by atoms with Crippen molar-refractivity contribution in [2.45, 2.75) is 40.3 Å². The molecule has 1 aromatic heterocycles. The molecule has 1 heterocycles. The van der Waals surface area contributed by atoms with Crippen LogP contribution in [0.15, 0.2) is 6.20 Å². The van der Waals surface area contributed by atoms with E-state index in [0.717, 1.165) is 58.0 Å². The van der Waals surface area contributed by atoms with Gasteiger partial charge < -0.3 is 15.0 Å². The quantitative estimate of drug-likeness (QED) is 0.583. The van der Waals surface area contributed by atoms with E-state index in [2.05, 4.69) is 41.3 Å². The summed E-state index contributed by atoms with van der Waals surface area (Å²) in [7, 11) is 0. The van der Waals surface area contributed by atoms with Crippen molar-refractivity contribution in [1.82, 2.24) is 25.2 Å². The van der Waals surface area contributed by atoms with E-state index in [-0.39, 0.29) is 0 Å². The zero-order chi connectivity index (χ0) is 14.6. The summed E-state index contributed by atoms with van der Waals surface area (Å²) < 4.78 is 7.48. The summed E-state index contributed by atoms with van der Waals surface area (Å²) in [5, 5.41) is 11.5. The predicted octanol–water partition coefficient (Wildman–Crippen LogP) is 1.14.